The van der Waals surface area contributed by atoms with Gasteiger partial charge in [-0.3, -0.25) is 4.79 Å². The SMILES string of the molecule is CCCNC(=O)CNC(CC)c1ccccc1. The molecule has 2 N–H and O–H groups in total. The highest BCUT2D eigenvalue weighted by Gasteiger charge is 2.09. The van der Waals surface area contributed by atoms with Crippen LogP contribution in [0.3, 0.4) is 0 Å². The Labute approximate surface area is 104 Å². The molecule has 0 aromatic heterocycles. The zero-order chi connectivity index (χ0) is 12.5. The predicted octanol–water partition coefficient (Wildman–Crippen LogP) is 2.25. The summed E-state index contributed by atoms with van der Waals surface area (Å²) >= 11 is 0. The second-order valence-corrected chi connectivity index (χ2v) is 4.10. The van der Waals surface area contributed by atoms with Crippen LogP contribution in [0, 0.1) is 0 Å². The minimum Gasteiger partial charge on any atom is -0.355 e. The van der Waals surface area contributed by atoms with Gasteiger partial charge in [0.2, 0.25) is 5.91 Å². The van der Waals surface area contributed by atoms with Crippen LogP contribution in [0.1, 0.15) is 38.3 Å². The number of nitrogens with one attached hydrogen (secondary N) is 2. The smallest absolute Gasteiger partial charge is 0.233 e. The minimum absolute atomic E-state index is 0.0706. The Hall–Kier alpha value is -1.35. The molecule has 17 heavy (non-hydrogen) atoms. The molecular weight excluding hydrogens is 212 g/mol. The van der Waals surface area contributed by atoms with E-state index in [4.69, 9.17) is 0 Å². The molecular formula is C14H22N2O. The summed E-state index contributed by atoms with van der Waals surface area (Å²) in [6.45, 7) is 5.30. The van der Waals surface area contributed by atoms with Crippen LogP contribution in [-0.2, 0) is 4.79 Å². The highest BCUT2D eigenvalue weighted by atomic mass is 16.1. The molecule has 0 saturated heterocycles. The van der Waals surface area contributed by atoms with E-state index in [-0.39, 0.29) is 11.9 Å². The van der Waals surface area contributed by atoms with Crippen molar-refractivity contribution in [2.45, 2.75) is 32.7 Å². The van der Waals surface area contributed by atoms with E-state index in [9.17, 15) is 4.79 Å². The first kappa shape index (κ1) is 13.7. The molecule has 3 heteroatoms. The van der Waals surface area contributed by atoms with Gasteiger partial charge in [0, 0.05) is 12.6 Å². The Balaban J connectivity index is 2.40. The Kier molecular flexibility index (Phi) is 6.33. The van der Waals surface area contributed by atoms with Crippen molar-refractivity contribution in [1.82, 2.24) is 10.6 Å². The topological polar surface area (TPSA) is 41.1 Å². The first-order valence-electron chi connectivity index (χ1n) is 6.33. The second kappa shape index (κ2) is 7.85. The summed E-state index contributed by atoms with van der Waals surface area (Å²) < 4.78 is 0. The quantitative estimate of drug-likeness (QED) is 0.759. The molecule has 0 bridgehead atoms. The van der Waals surface area contributed by atoms with E-state index >= 15 is 0 Å². The van der Waals surface area contributed by atoms with Crippen molar-refractivity contribution in [1.29, 1.82) is 0 Å². The summed E-state index contributed by atoms with van der Waals surface area (Å²) in [6.07, 6.45) is 1.95. The first-order valence-corrected chi connectivity index (χ1v) is 6.33. The fourth-order valence-electron chi connectivity index (χ4n) is 1.73. The third kappa shape index (κ3) is 5.00. The van der Waals surface area contributed by atoms with Gasteiger partial charge in [-0.15, -0.1) is 0 Å². The zero-order valence-electron chi connectivity index (χ0n) is 10.7. The van der Waals surface area contributed by atoms with E-state index in [0.717, 1.165) is 19.4 Å². The standard InChI is InChI=1S/C14H22N2O/c1-3-10-15-14(17)11-16-13(4-2)12-8-6-5-7-9-12/h5-9,13,16H,3-4,10-11H2,1-2H3,(H,15,17). The number of carbonyl (C=O) groups excluding carboxylic acids is 1. The van der Waals surface area contributed by atoms with Gasteiger partial charge in [0.1, 0.15) is 0 Å². The maximum atomic E-state index is 11.5. The van der Waals surface area contributed by atoms with E-state index in [1.165, 1.54) is 5.56 Å². The molecule has 1 aromatic rings. The van der Waals surface area contributed by atoms with Crippen LogP contribution in [0.25, 0.3) is 0 Å². The summed E-state index contributed by atoms with van der Waals surface area (Å²) in [4.78, 5) is 11.5. The maximum absolute atomic E-state index is 11.5. The lowest BCUT2D eigenvalue weighted by molar-refractivity contribution is -0.120. The molecule has 1 aromatic carbocycles. The van der Waals surface area contributed by atoms with Gasteiger partial charge in [0.25, 0.3) is 0 Å². The first-order chi connectivity index (χ1) is 8.27. The average molecular weight is 234 g/mol. The monoisotopic (exact) mass is 234 g/mol. The van der Waals surface area contributed by atoms with Gasteiger partial charge >= 0.3 is 0 Å². The van der Waals surface area contributed by atoms with Gasteiger partial charge in [-0.2, -0.15) is 0 Å². The number of hydrogen-bond donors (Lipinski definition) is 2. The third-order valence-corrected chi connectivity index (χ3v) is 2.69. The fourth-order valence-corrected chi connectivity index (χ4v) is 1.73. The lowest BCUT2D eigenvalue weighted by Gasteiger charge is -2.17. The van der Waals surface area contributed by atoms with Gasteiger partial charge in [-0.1, -0.05) is 44.2 Å². The number of hydrogen-bond acceptors (Lipinski definition) is 2. The van der Waals surface area contributed by atoms with Crippen LogP contribution in [0.4, 0.5) is 0 Å². The normalized spacial score (nSPS) is 12.1. The predicted molar refractivity (Wildman–Crippen MR) is 70.8 cm³/mol. The van der Waals surface area contributed by atoms with Crippen molar-refractivity contribution in [3.63, 3.8) is 0 Å². The summed E-state index contributed by atoms with van der Waals surface area (Å²) in [7, 11) is 0. The molecule has 0 heterocycles. The average Bonchev–Trinajstić information content (AvgIpc) is 2.38. The van der Waals surface area contributed by atoms with E-state index in [0.29, 0.717) is 6.54 Å². The van der Waals surface area contributed by atoms with Gasteiger partial charge < -0.3 is 10.6 Å². The van der Waals surface area contributed by atoms with Crippen molar-refractivity contribution < 1.29 is 4.79 Å². The lowest BCUT2D eigenvalue weighted by atomic mass is 10.0. The Morgan fingerprint density at radius 3 is 2.53 bits per heavy atom. The van der Waals surface area contributed by atoms with E-state index in [2.05, 4.69) is 29.7 Å². The molecule has 0 radical (unpaired) electrons. The second-order valence-electron chi connectivity index (χ2n) is 4.10. The van der Waals surface area contributed by atoms with Crippen LogP contribution in [0.5, 0.6) is 0 Å². The molecule has 1 rings (SSSR count). The molecule has 0 aliphatic rings. The summed E-state index contributed by atoms with van der Waals surface area (Å²) in [5, 5.41) is 6.14. The van der Waals surface area contributed by atoms with Gasteiger partial charge in [-0.25, -0.2) is 0 Å². The van der Waals surface area contributed by atoms with Crippen molar-refractivity contribution in [2.75, 3.05) is 13.1 Å². The van der Waals surface area contributed by atoms with Crippen LogP contribution in [0.2, 0.25) is 0 Å². The van der Waals surface area contributed by atoms with Gasteiger partial charge in [0.05, 0.1) is 6.54 Å². The summed E-state index contributed by atoms with van der Waals surface area (Å²) in [6, 6.07) is 10.5. The van der Waals surface area contributed by atoms with Gasteiger partial charge in [0.15, 0.2) is 0 Å². The molecule has 0 aliphatic carbocycles. The zero-order valence-corrected chi connectivity index (χ0v) is 10.7. The van der Waals surface area contributed by atoms with E-state index in [1.807, 2.05) is 25.1 Å². The third-order valence-electron chi connectivity index (χ3n) is 2.69. The molecule has 1 atom stereocenters. The molecule has 0 fully saturated rings. The van der Waals surface area contributed by atoms with Crippen molar-refractivity contribution in [3.05, 3.63) is 35.9 Å². The molecule has 3 nitrogen and oxygen atoms in total. The Bertz CT molecular complexity index is 324. The highest BCUT2D eigenvalue weighted by molar-refractivity contribution is 5.77. The van der Waals surface area contributed by atoms with Crippen LogP contribution in [0.15, 0.2) is 30.3 Å². The molecule has 1 unspecified atom stereocenters. The summed E-state index contributed by atoms with van der Waals surface area (Å²) in [5.41, 5.74) is 1.23. The van der Waals surface area contributed by atoms with Crippen LogP contribution >= 0.6 is 0 Å². The van der Waals surface area contributed by atoms with Crippen molar-refractivity contribution in [3.8, 4) is 0 Å². The number of amides is 1. The molecule has 0 aliphatic heterocycles. The molecule has 1 amide bonds. The minimum atomic E-state index is 0.0706. The Morgan fingerprint density at radius 2 is 1.94 bits per heavy atom. The largest absolute Gasteiger partial charge is 0.355 e. The molecule has 0 spiro atoms. The van der Waals surface area contributed by atoms with Gasteiger partial charge in [-0.05, 0) is 18.4 Å². The number of benzene rings is 1. The highest BCUT2D eigenvalue weighted by Crippen LogP contribution is 2.15. The van der Waals surface area contributed by atoms with Crippen molar-refractivity contribution in [2.24, 2.45) is 0 Å². The number of carbonyl (C=O) groups is 1. The molecule has 0 saturated carbocycles. The van der Waals surface area contributed by atoms with E-state index < -0.39 is 0 Å². The lowest BCUT2D eigenvalue weighted by Crippen LogP contribution is -2.35. The fraction of sp³-hybridized carbons (Fsp3) is 0.500. The Morgan fingerprint density at radius 1 is 1.24 bits per heavy atom. The summed E-state index contributed by atoms with van der Waals surface area (Å²) in [5.74, 6) is 0.0706. The molecule has 94 valence electrons. The van der Waals surface area contributed by atoms with Crippen LogP contribution < -0.4 is 10.6 Å². The van der Waals surface area contributed by atoms with E-state index in [1.54, 1.807) is 0 Å². The van der Waals surface area contributed by atoms with Crippen LogP contribution in [-0.4, -0.2) is 19.0 Å². The van der Waals surface area contributed by atoms with Crippen molar-refractivity contribution >= 4 is 5.91 Å². The number of rotatable bonds is 7. The maximum Gasteiger partial charge on any atom is 0.233 e.